The van der Waals surface area contributed by atoms with E-state index in [2.05, 4.69) is 4.98 Å². The van der Waals surface area contributed by atoms with Crippen LogP contribution in [0.2, 0.25) is 0 Å². The topological polar surface area (TPSA) is 30.0 Å². The van der Waals surface area contributed by atoms with Crippen LogP contribution < -0.4 is 0 Å². The quantitative estimate of drug-likeness (QED) is 0.776. The van der Waals surface area contributed by atoms with Crippen molar-refractivity contribution in [3.8, 4) is 0 Å². The molecule has 0 saturated heterocycles. The average Bonchev–Trinajstić information content (AvgIpc) is 2.38. The number of nitrogens with zero attached hydrogens (tertiary/aromatic N) is 1. The van der Waals surface area contributed by atoms with Gasteiger partial charge in [0.05, 0.1) is 5.56 Å². The van der Waals surface area contributed by atoms with E-state index in [-0.39, 0.29) is 11.3 Å². The Labute approximate surface area is 107 Å². The maximum atomic E-state index is 12.6. The first kappa shape index (κ1) is 13.3. The number of ketones is 1. The Bertz CT molecular complexity index is 603. The molecule has 0 amide bonds. The Morgan fingerprint density at radius 2 is 1.89 bits per heavy atom. The molecule has 5 heteroatoms. The van der Waals surface area contributed by atoms with Gasteiger partial charge in [0.25, 0.3) is 0 Å². The molecule has 0 bridgehead atoms. The monoisotopic (exact) mass is 265 g/mol. The van der Waals surface area contributed by atoms with Crippen molar-refractivity contribution in [2.24, 2.45) is 0 Å². The van der Waals surface area contributed by atoms with Gasteiger partial charge in [-0.05, 0) is 30.7 Å². The highest BCUT2D eigenvalue weighted by molar-refractivity contribution is 6.07. The summed E-state index contributed by atoms with van der Waals surface area (Å²) in [6.45, 7) is 1.81. The van der Waals surface area contributed by atoms with Crippen LogP contribution in [-0.4, -0.2) is 10.8 Å². The van der Waals surface area contributed by atoms with E-state index in [0.29, 0.717) is 0 Å². The van der Waals surface area contributed by atoms with Crippen molar-refractivity contribution in [2.75, 3.05) is 0 Å². The molecule has 0 atom stereocenters. The van der Waals surface area contributed by atoms with Gasteiger partial charge in [0, 0.05) is 11.8 Å². The van der Waals surface area contributed by atoms with Crippen molar-refractivity contribution >= 4 is 5.78 Å². The zero-order chi connectivity index (χ0) is 14.0. The second-order valence-electron chi connectivity index (χ2n) is 4.13. The van der Waals surface area contributed by atoms with Gasteiger partial charge in [-0.3, -0.25) is 9.78 Å². The molecule has 2 aromatic rings. The SMILES string of the molecule is Cc1ccc(C(=O)c2cccc(C(F)(F)F)c2)nc1. The Balaban J connectivity index is 2.37. The van der Waals surface area contributed by atoms with Gasteiger partial charge < -0.3 is 0 Å². The Morgan fingerprint density at radius 3 is 2.47 bits per heavy atom. The maximum Gasteiger partial charge on any atom is 0.416 e. The Kier molecular flexibility index (Phi) is 3.38. The van der Waals surface area contributed by atoms with E-state index in [1.807, 2.05) is 6.92 Å². The number of benzene rings is 1. The molecule has 0 unspecified atom stereocenters. The molecule has 0 aliphatic rings. The lowest BCUT2D eigenvalue weighted by Crippen LogP contribution is -2.09. The molecule has 0 N–H and O–H groups in total. The van der Waals surface area contributed by atoms with Crippen LogP contribution in [0.25, 0.3) is 0 Å². The van der Waals surface area contributed by atoms with Crippen molar-refractivity contribution in [1.29, 1.82) is 0 Å². The standard InChI is InChI=1S/C14H10F3NO/c1-9-5-6-12(18-8-9)13(19)10-3-2-4-11(7-10)14(15,16)17/h2-8H,1H3. The molecule has 0 fully saturated rings. The largest absolute Gasteiger partial charge is 0.416 e. The van der Waals surface area contributed by atoms with Crippen LogP contribution in [-0.2, 0) is 6.18 Å². The van der Waals surface area contributed by atoms with E-state index in [1.165, 1.54) is 24.4 Å². The highest BCUT2D eigenvalue weighted by Gasteiger charge is 2.31. The van der Waals surface area contributed by atoms with Crippen molar-refractivity contribution in [3.63, 3.8) is 0 Å². The summed E-state index contributed by atoms with van der Waals surface area (Å²) in [7, 11) is 0. The third-order valence-electron chi connectivity index (χ3n) is 2.60. The molecule has 0 aliphatic carbocycles. The van der Waals surface area contributed by atoms with Gasteiger partial charge in [-0.2, -0.15) is 13.2 Å². The molecular formula is C14H10F3NO. The van der Waals surface area contributed by atoms with Gasteiger partial charge in [-0.15, -0.1) is 0 Å². The van der Waals surface area contributed by atoms with E-state index in [9.17, 15) is 18.0 Å². The maximum absolute atomic E-state index is 12.6. The van der Waals surface area contributed by atoms with Crippen molar-refractivity contribution in [2.45, 2.75) is 13.1 Å². The first-order valence-electron chi connectivity index (χ1n) is 5.52. The van der Waals surface area contributed by atoms with Crippen LogP contribution in [0, 0.1) is 6.92 Å². The van der Waals surface area contributed by atoms with E-state index >= 15 is 0 Å². The Hall–Kier alpha value is -2.17. The molecular weight excluding hydrogens is 255 g/mol. The third kappa shape index (κ3) is 2.99. The highest BCUT2D eigenvalue weighted by atomic mass is 19.4. The minimum absolute atomic E-state index is 0.0221. The highest BCUT2D eigenvalue weighted by Crippen LogP contribution is 2.29. The van der Waals surface area contributed by atoms with E-state index < -0.39 is 17.5 Å². The summed E-state index contributed by atoms with van der Waals surface area (Å²) in [6, 6.07) is 7.51. The molecule has 1 aromatic heterocycles. The first-order chi connectivity index (χ1) is 8.88. The van der Waals surface area contributed by atoms with Gasteiger partial charge in [-0.1, -0.05) is 18.2 Å². The smallest absolute Gasteiger partial charge is 0.287 e. The predicted octanol–water partition coefficient (Wildman–Crippen LogP) is 3.64. The molecule has 0 aliphatic heterocycles. The summed E-state index contributed by atoms with van der Waals surface area (Å²) in [6.07, 6.45) is -2.96. The summed E-state index contributed by atoms with van der Waals surface area (Å²) in [5, 5.41) is 0. The molecule has 0 saturated carbocycles. The summed E-state index contributed by atoms with van der Waals surface area (Å²) >= 11 is 0. The number of rotatable bonds is 2. The second kappa shape index (κ2) is 4.84. The molecule has 2 nitrogen and oxygen atoms in total. The van der Waals surface area contributed by atoms with E-state index in [0.717, 1.165) is 17.7 Å². The number of aryl methyl sites for hydroxylation is 1. The molecule has 1 heterocycles. The fraction of sp³-hybridized carbons (Fsp3) is 0.143. The van der Waals surface area contributed by atoms with Gasteiger partial charge >= 0.3 is 6.18 Å². The molecule has 2 rings (SSSR count). The molecule has 1 aromatic carbocycles. The summed E-state index contributed by atoms with van der Waals surface area (Å²) in [5.74, 6) is -0.522. The predicted molar refractivity (Wildman–Crippen MR) is 63.9 cm³/mol. The van der Waals surface area contributed by atoms with Crippen LogP contribution >= 0.6 is 0 Å². The van der Waals surface area contributed by atoms with Gasteiger partial charge in [0.1, 0.15) is 5.69 Å². The molecule has 19 heavy (non-hydrogen) atoms. The van der Waals surface area contributed by atoms with Gasteiger partial charge in [-0.25, -0.2) is 0 Å². The number of halogens is 3. The minimum atomic E-state index is -4.46. The summed E-state index contributed by atoms with van der Waals surface area (Å²) in [4.78, 5) is 15.9. The zero-order valence-corrected chi connectivity index (χ0v) is 10.0. The number of carbonyl (C=O) groups is 1. The van der Waals surface area contributed by atoms with Crippen LogP contribution in [0.1, 0.15) is 27.2 Å². The fourth-order valence-electron chi connectivity index (χ4n) is 1.59. The number of alkyl halides is 3. The number of carbonyl (C=O) groups excluding carboxylic acids is 1. The van der Waals surface area contributed by atoms with Gasteiger partial charge in [0.15, 0.2) is 0 Å². The van der Waals surface area contributed by atoms with E-state index in [4.69, 9.17) is 0 Å². The number of pyridine rings is 1. The third-order valence-corrected chi connectivity index (χ3v) is 2.60. The van der Waals surface area contributed by atoms with Crippen molar-refractivity contribution in [3.05, 3.63) is 65.0 Å². The number of hydrogen-bond acceptors (Lipinski definition) is 2. The molecule has 98 valence electrons. The van der Waals surface area contributed by atoms with E-state index in [1.54, 1.807) is 6.07 Å². The first-order valence-corrected chi connectivity index (χ1v) is 5.52. The molecule has 0 spiro atoms. The lowest BCUT2D eigenvalue weighted by Gasteiger charge is -2.08. The second-order valence-corrected chi connectivity index (χ2v) is 4.13. The van der Waals surface area contributed by atoms with Crippen LogP contribution in [0.15, 0.2) is 42.6 Å². The summed E-state index contributed by atoms with van der Waals surface area (Å²) in [5.41, 5.74) is 0.141. The van der Waals surface area contributed by atoms with Crippen LogP contribution in [0.3, 0.4) is 0 Å². The average molecular weight is 265 g/mol. The van der Waals surface area contributed by atoms with Crippen LogP contribution in [0.5, 0.6) is 0 Å². The minimum Gasteiger partial charge on any atom is -0.287 e. The normalized spacial score (nSPS) is 11.4. The Morgan fingerprint density at radius 1 is 1.16 bits per heavy atom. The van der Waals surface area contributed by atoms with Crippen molar-refractivity contribution < 1.29 is 18.0 Å². The lowest BCUT2D eigenvalue weighted by atomic mass is 10.0. The summed E-state index contributed by atoms with van der Waals surface area (Å²) < 4.78 is 37.7. The van der Waals surface area contributed by atoms with Gasteiger partial charge in [0.2, 0.25) is 5.78 Å². The zero-order valence-electron chi connectivity index (χ0n) is 10.0. The lowest BCUT2D eigenvalue weighted by molar-refractivity contribution is -0.137. The fourth-order valence-corrected chi connectivity index (χ4v) is 1.59. The number of hydrogen-bond donors (Lipinski definition) is 0. The van der Waals surface area contributed by atoms with Crippen LogP contribution in [0.4, 0.5) is 13.2 Å². The van der Waals surface area contributed by atoms with Crippen molar-refractivity contribution in [1.82, 2.24) is 4.98 Å². The number of aromatic nitrogens is 1. The molecule has 0 radical (unpaired) electrons.